The summed E-state index contributed by atoms with van der Waals surface area (Å²) in [6, 6.07) is 15.6. The van der Waals surface area contributed by atoms with Crippen molar-refractivity contribution in [1.29, 1.82) is 0 Å². The minimum Gasteiger partial charge on any atom is -0.496 e. The van der Waals surface area contributed by atoms with Crippen molar-refractivity contribution >= 4 is 40.9 Å². The van der Waals surface area contributed by atoms with Gasteiger partial charge in [-0.2, -0.15) is 0 Å². The molecule has 4 atom stereocenters. The van der Waals surface area contributed by atoms with E-state index in [4.69, 9.17) is 14.5 Å². The van der Waals surface area contributed by atoms with E-state index in [1.54, 1.807) is 36.1 Å². The number of aliphatic hydroxyl groups excluding tert-OH is 1. The molecule has 370 valence electrons. The van der Waals surface area contributed by atoms with Gasteiger partial charge in [-0.3, -0.25) is 24.0 Å². The van der Waals surface area contributed by atoms with Gasteiger partial charge in [0.05, 0.1) is 47.6 Å². The smallest absolute Gasteiger partial charge is 0.252 e. The number of imidazole rings is 1. The highest BCUT2D eigenvalue weighted by molar-refractivity contribution is 7.13. The molecule has 5 N–H and O–H groups in total. The lowest BCUT2D eigenvalue weighted by molar-refractivity contribution is -0.144. The number of hydrogen-bond donors (Lipinski definition) is 5. The summed E-state index contributed by atoms with van der Waals surface area (Å²) in [6.45, 7) is 11.0. The summed E-state index contributed by atoms with van der Waals surface area (Å²) in [5.41, 5.74) is 9.41. The van der Waals surface area contributed by atoms with Crippen molar-refractivity contribution in [3.05, 3.63) is 106 Å². The highest BCUT2D eigenvalue weighted by Gasteiger charge is 2.44. The van der Waals surface area contributed by atoms with Crippen LogP contribution >= 0.6 is 11.3 Å². The number of thiazole rings is 1. The van der Waals surface area contributed by atoms with Crippen LogP contribution in [-0.4, -0.2) is 99.1 Å². The standard InChI is InChI=1S/C53H64N8O8S/c1-31-43(68-6)24-37(50(65)58-40-17-16-34-14-15-36(23-39(34)40)41-29-60-21-7-9-45(60)57-41)25-44(31)69-22-8-20-54-46(63)18-19-47(64)59-49(53(3,4)5)52(67)61-28-38(62)26-42(61)51(66)55-27-33-10-12-35(13-11-33)48-32(2)56-30-70-48/h10-15,23-25,29-30,38,40,42,49,62H,7-9,16-22,26-28H2,1-6H3,(H,54,63)(H,55,66)(H,58,65)(H,59,64)/t38-,40-,42+,49-/m1/s1. The molecule has 70 heavy (non-hydrogen) atoms. The van der Waals surface area contributed by atoms with Crippen LogP contribution in [0.25, 0.3) is 21.7 Å². The Balaban J connectivity index is 0.781. The van der Waals surface area contributed by atoms with Crippen LogP contribution in [0, 0.1) is 19.3 Å². The molecule has 2 aliphatic heterocycles. The normalized spacial score (nSPS) is 17.6. The van der Waals surface area contributed by atoms with Crippen molar-refractivity contribution < 1.29 is 38.6 Å². The number of rotatable bonds is 18. The minimum atomic E-state index is -1.02. The number of likely N-dealkylation sites (tertiary alicyclic amines) is 1. The first kappa shape index (κ1) is 49.8. The molecular formula is C53H64N8O8S. The number of carbonyl (C=O) groups is 5. The average molecular weight is 973 g/mol. The van der Waals surface area contributed by atoms with Crippen LogP contribution in [0.2, 0.25) is 0 Å². The van der Waals surface area contributed by atoms with Gasteiger partial charge in [0.1, 0.15) is 29.4 Å². The maximum Gasteiger partial charge on any atom is 0.252 e. The molecule has 0 unspecified atom stereocenters. The third kappa shape index (κ3) is 11.5. The van der Waals surface area contributed by atoms with Crippen LogP contribution in [0.5, 0.6) is 11.5 Å². The van der Waals surface area contributed by atoms with Gasteiger partial charge in [-0.1, -0.05) is 57.2 Å². The molecular weight excluding hydrogens is 909 g/mol. The summed E-state index contributed by atoms with van der Waals surface area (Å²) in [5, 5.41) is 22.4. The number of methoxy groups -OCH3 is 1. The molecule has 1 saturated heterocycles. The number of benzene rings is 3. The first-order valence-corrected chi connectivity index (χ1v) is 25.1. The van der Waals surface area contributed by atoms with Crippen LogP contribution in [0.1, 0.15) is 109 Å². The number of ether oxygens (including phenoxy) is 2. The lowest BCUT2D eigenvalue weighted by Crippen LogP contribution is -2.57. The second kappa shape index (κ2) is 21.6. The molecule has 3 aromatic carbocycles. The van der Waals surface area contributed by atoms with Gasteiger partial charge in [0.2, 0.25) is 23.6 Å². The second-order valence-corrected chi connectivity index (χ2v) is 20.5. The number of aryl methyl sites for hydroxylation is 4. The minimum absolute atomic E-state index is 0.0474. The molecule has 3 aliphatic rings. The van der Waals surface area contributed by atoms with E-state index in [9.17, 15) is 29.1 Å². The molecule has 5 aromatic rings. The van der Waals surface area contributed by atoms with Gasteiger partial charge < -0.3 is 45.3 Å². The van der Waals surface area contributed by atoms with Gasteiger partial charge in [-0.05, 0) is 85.4 Å². The van der Waals surface area contributed by atoms with E-state index in [0.29, 0.717) is 23.5 Å². The summed E-state index contributed by atoms with van der Waals surface area (Å²) in [4.78, 5) is 79.0. The zero-order valence-electron chi connectivity index (χ0n) is 40.9. The van der Waals surface area contributed by atoms with Crippen LogP contribution in [0.15, 0.2) is 66.3 Å². The van der Waals surface area contributed by atoms with Crippen molar-refractivity contribution in [2.24, 2.45) is 5.41 Å². The number of carbonyl (C=O) groups excluding carboxylic acids is 5. The molecule has 0 bridgehead atoms. The number of hydrogen-bond acceptors (Lipinski definition) is 11. The second-order valence-electron chi connectivity index (χ2n) is 19.6. The predicted octanol–water partition coefficient (Wildman–Crippen LogP) is 6.14. The number of aromatic nitrogens is 3. The third-order valence-corrected chi connectivity index (χ3v) is 14.4. The molecule has 0 saturated carbocycles. The highest BCUT2D eigenvalue weighted by atomic mass is 32.1. The Hall–Kier alpha value is -6.59. The fourth-order valence-electron chi connectivity index (χ4n) is 9.51. The molecule has 1 fully saturated rings. The van der Waals surface area contributed by atoms with E-state index in [1.165, 1.54) is 10.5 Å². The largest absolute Gasteiger partial charge is 0.496 e. The van der Waals surface area contributed by atoms with Crippen LogP contribution in [-0.2, 0) is 45.1 Å². The number of aliphatic hydroxyl groups is 1. The van der Waals surface area contributed by atoms with Crippen molar-refractivity contribution in [2.75, 3.05) is 26.8 Å². The quantitative estimate of drug-likeness (QED) is 0.0635. The van der Waals surface area contributed by atoms with Crippen molar-refractivity contribution in [2.45, 2.75) is 123 Å². The van der Waals surface area contributed by atoms with Crippen LogP contribution in [0.4, 0.5) is 0 Å². The van der Waals surface area contributed by atoms with E-state index in [-0.39, 0.29) is 63.4 Å². The maximum atomic E-state index is 14.1. The fourth-order valence-corrected chi connectivity index (χ4v) is 10.3. The summed E-state index contributed by atoms with van der Waals surface area (Å²) in [5.74, 6) is 0.197. The molecule has 2 aromatic heterocycles. The maximum absolute atomic E-state index is 14.1. The molecule has 5 amide bonds. The molecule has 4 heterocycles. The Bertz CT molecular complexity index is 2720. The number of β-amino-alcohol motifs (C(OH)–C–C–N with tert-alkyl or cyclic N) is 1. The van der Waals surface area contributed by atoms with Crippen LogP contribution < -0.4 is 30.7 Å². The predicted molar refractivity (Wildman–Crippen MR) is 266 cm³/mol. The zero-order valence-corrected chi connectivity index (χ0v) is 41.7. The van der Waals surface area contributed by atoms with Crippen LogP contribution in [0.3, 0.4) is 0 Å². The molecule has 16 nitrogen and oxygen atoms in total. The lowest BCUT2D eigenvalue weighted by Gasteiger charge is -2.35. The number of nitrogens with zero attached hydrogens (tertiary/aromatic N) is 4. The molecule has 0 radical (unpaired) electrons. The van der Waals surface area contributed by atoms with Gasteiger partial charge in [0, 0.05) is 74.7 Å². The van der Waals surface area contributed by atoms with E-state index < -0.39 is 41.3 Å². The topological polar surface area (TPSA) is 206 Å². The Labute approximate surface area is 413 Å². The number of fused-ring (bicyclic) bond motifs is 2. The Morgan fingerprint density at radius 2 is 1.70 bits per heavy atom. The van der Waals surface area contributed by atoms with E-state index in [0.717, 1.165) is 82.1 Å². The van der Waals surface area contributed by atoms with Crippen molar-refractivity contribution in [1.82, 2.24) is 40.7 Å². The summed E-state index contributed by atoms with van der Waals surface area (Å²) in [7, 11) is 1.55. The number of nitrogens with one attached hydrogen (secondary N) is 4. The van der Waals surface area contributed by atoms with Gasteiger partial charge in [0.25, 0.3) is 5.91 Å². The fraction of sp³-hybridized carbons (Fsp3) is 0.453. The van der Waals surface area contributed by atoms with E-state index in [1.807, 2.05) is 58.9 Å². The van der Waals surface area contributed by atoms with Gasteiger partial charge in [0.15, 0.2) is 0 Å². The Kier molecular flexibility index (Phi) is 15.4. The van der Waals surface area contributed by atoms with Gasteiger partial charge in [-0.15, -0.1) is 11.3 Å². The zero-order chi connectivity index (χ0) is 49.7. The summed E-state index contributed by atoms with van der Waals surface area (Å²) in [6.07, 6.45) is 5.25. The first-order valence-electron chi connectivity index (χ1n) is 24.2. The molecule has 0 spiro atoms. The summed E-state index contributed by atoms with van der Waals surface area (Å²) < 4.78 is 14.0. The Morgan fingerprint density at radius 3 is 2.43 bits per heavy atom. The van der Waals surface area contributed by atoms with E-state index in [2.05, 4.69) is 55.2 Å². The molecule has 1 aliphatic carbocycles. The molecule has 17 heteroatoms. The Morgan fingerprint density at radius 1 is 0.943 bits per heavy atom. The van der Waals surface area contributed by atoms with Gasteiger partial charge >= 0.3 is 0 Å². The van der Waals surface area contributed by atoms with Crippen molar-refractivity contribution in [3.63, 3.8) is 0 Å². The monoisotopic (exact) mass is 972 g/mol. The molecule has 8 rings (SSSR count). The first-order chi connectivity index (χ1) is 33.6. The number of amides is 5. The van der Waals surface area contributed by atoms with E-state index >= 15 is 0 Å². The SMILES string of the molecule is COc1cc(C(=O)N[C@@H]2CCc3ccc(-c4cn5c(n4)CCC5)cc32)cc(OCCCNC(=O)CCC(=O)N[C@H](C(=O)N2C[C@H](O)C[C@H]2C(=O)NCc2ccc(-c3scnc3C)cc2)C(C)(C)C)c1C. The lowest BCUT2D eigenvalue weighted by atomic mass is 9.85. The van der Waals surface area contributed by atoms with Gasteiger partial charge in [-0.25, -0.2) is 9.97 Å². The third-order valence-electron chi connectivity index (χ3n) is 13.5. The average Bonchev–Trinajstić information content (AvgIpc) is 4.20. The summed E-state index contributed by atoms with van der Waals surface area (Å²) >= 11 is 1.56. The van der Waals surface area contributed by atoms with Crippen molar-refractivity contribution in [3.8, 4) is 33.2 Å². The highest BCUT2D eigenvalue weighted by Crippen LogP contribution is 2.36.